The van der Waals surface area contributed by atoms with Gasteiger partial charge in [-0.3, -0.25) is 24.3 Å². The molecule has 0 radical (unpaired) electrons. The molecule has 0 atom stereocenters. The van der Waals surface area contributed by atoms with E-state index < -0.39 is 5.91 Å². The summed E-state index contributed by atoms with van der Waals surface area (Å²) in [7, 11) is 3.11. The van der Waals surface area contributed by atoms with E-state index in [1.165, 1.54) is 23.1 Å². The highest BCUT2D eigenvalue weighted by Gasteiger charge is 2.36. The molecule has 0 fully saturated rings. The van der Waals surface area contributed by atoms with Crippen molar-refractivity contribution in [3.05, 3.63) is 88.7 Å². The first kappa shape index (κ1) is 21.0. The maximum Gasteiger partial charge on any atom is 0.261 e. The number of nitrogens with zero attached hydrogens (tertiary/aromatic N) is 2. The predicted molar refractivity (Wildman–Crippen MR) is 116 cm³/mol. The molecule has 162 valence electrons. The molecule has 1 aliphatic rings. The largest absolute Gasteiger partial charge is 0.497 e. The van der Waals surface area contributed by atoms with Gasteiger partial charge in [0.25, 0.3) is 17.7 Å². The zero-order chi connectivity index (χ0) is 22.7. The van der Waals surface area contributed by atoms with Crippen LogP contribution in [0.4, 0.5) is 0 Å². The topological polar surface area (TPSA) is 97.8 Å². The van der Waals surface area contributed by atoms with Crippen molar-refractivity contribution in [2.45, 2.75) is 13.1 Å². The fourth-order valence-corrected chi connectivity index (χ4v) is 3.54. The van der Waals surface area contributed by atoms with Crippen molar-refractivity contribution in [3.8, 4) is 11.5 Å². The van der Waals surface area contributed by atoms with Crippen molar-refractivity contribution in [1.29, 1.82) is 0 Å². The van der Waals surface area contributed by atoms with Crippen LogP contribution in [0.2, 0.25) is 0 Å². The summed E-state index contributed by atoms with van der Waals surface area (Å²) in [6.07, 6.45) is 3.21. The van der Waals surface area contributed by atoms with Gasteiger partial charge in [-0.05, 0) is 54.1 Å². The molecule has 2 aromatic carbocycles. The van der Waals surface area contributed by atoms with Crippen molar-refractivity contribution in [2.24, 2.45) is 0 Å². The molecule has 0 saturated heterocycles. The van der Waals surface area contributed by atoms with Crippen LogP contribution in [-0.4, -0.2) is 41.8 Å². The van der Waals surface area contributed by atoms with Crippen molar-refractivity contribution in [2.75, 3.05) is 14.2 Å². The number of methoxy groups -OCH3 is 2. The molecule has 8 heteroatoms. The molecule has 8 nitrogen and oxygen atoms in total. The molecule has 2 heterocycles. The minimum atomic E-state index is -0.425. The summed E-state index contributed by atoms with van der Waals surface area (Å²) in [6.45, 7) is 0.351. The Bertz CT molecular complexity index is 1190. The second-order valence-corrected chi connectivity index (χ2v) is 7.17. The summed E-state index contributed by atoms with van der Waals surface area (Å²) >= 11 is 0. The molecule has 3 amide bonds. The number of amides is 3. The Balaban J connectivity index is 1.50. The third kappa shape index (κ3) is 4.02. The molecule has 4 rings (SSSR count). The van der Waals surface area contributed by atoms with E-state index in [-0.39, 0.29) is 41.6 Å². The van der Waals surface area contributed by atoms with Crippen LogP contribution in [0.3, 0.4) is 0 Å². The van der Waals surface area contributed by atoms with Crippen LogP contribution >= 0.6 is 0 Å². The molecule has 0 saturated carbocycles. The van der Waals surface area contributed by atoms with E-state index in [2.05, 4.69) is 10.3 Å². The summed E-state index contributed by atoms with van der Waals surface area (Å²) in [6, 6.07) is 13.3. The van der Waals surface area contributed by atoms with Crippen LogP contribution in [0.25, 0.3) is 0 Å². The van der Waals surface area contributed by atoms with Gasteiger partial charge in [0.15, 0.2) is 0 Å². The Hall–Kier alpha value is -4.20. The second-order valence-electron chi connectivity index (χ2n) is 7.17. The number of hydrogen-bond donors (Lipinski definition) is 1. The first-order valence-electron chi connectivity index (χ1n) is 9.90. The Morgan fingerprint density at radius 3 is 2.41 bits per heavy atom. The van der Waals surface area contributed by atoms with Gasteiger partial charge in [-0.1, -0.05) is 0 Å². The lowest BCUT2D eigenvalue weighted by atomic mass is 10.1. The average molecular weight is 431 g/mol. The highest BCUT2D eigenvalue weighted by atomic mass is 16.5. The molecule has 1 aliphatic heterocycles. The molecular weight excluding hydrogens is 410 g/mol. The number of carbonyl (C=O) groups is 3. The molecule has 0 aliphatic carbocycles. The maximum atomic E-state index is 12.8. The van der Waals surface area contributed by atoms with Gasteiger partial charge in [0.1, 0.15) is 11.5 Å². The Labute approximate surface area is 184 Å². The number of hydrogen-bond acceptors (Lipinski definition) is 6. The lowest BCUT2D eigenvalue weighted by Crippen LogP contribution is -2.29. The van der Waals surface area contributed by atoms with Gasteiger partial charge in [-0.15, -0.1) is 0 Å². The fraction of sp³-hybridized carbons (Fsp3) is 0.167. The lowest BCUT2D eigenvalue weighted by Gasteiger charge is -2.13. The lowest BCUT2D eigenvalue weighted by molar-refractivity contribution is 0.0642. The Morgan fingerprint density at radius 2 is 1.69 bits per heavy atom. The first-order valence-corrected chi connectivity index (χ1v) is 9.90. The number of ether oxygens (including phenoxy) is 2. The van der Waals surface area contributed by atoms with Crippen LogP contribution < -0.4 is 14.8 Å². The van der Waals surface area contributed by atoms with Gasteiger partial charge in [-0.25, -0.2) is 0 Å². The highest BCUT2D eigenvalue weighted by Crippen LogP contribution is 2.26. The van der Waals surface area contributed by atoms with Crippen molar-refractivity contribution in [1.82, 2.24) is 15.2 Å². The monoisotopic (exact) mass is 431 g/mol. The Kier molecular flexibility index (Phi) is 5.85. The summed E-state index contributed by atoms with van der Waals surface area (Å²) < 4.78 is 10.6. The fourth-order valence-electron chi connectivity index (χ4n) is 3.54. The summed E-state index contributed by atoms with van der Waals surface area (Å²) in [5.41, 5.74) is 2.33. The zero-order valence-electron chi connectivity index (χ0n) is 17.6. The third-order valence-corrected chi connectivity index (χ3v) is 5.25. The molecule has 0 spiro atoms. The number of rotatable bonds is 7. The van der Waals surface area contributed by atoms with Crippen LogP contribution in [0.15, 0.2) is 60.9 Å². The van der Waals surface area contributed by atoms with Crippen LogP contribution in [0, 0.1) is 0 Å². The molecule has 0 unspecified atom stereocenters. The van der Waals surface area contributed by atoms with E-state index in [0.29, 0.717) is 11.5 Å². The number of nitrogens with one attached hydrogen (secondary N) is 1. The number of carbonyl (C=O) groups excluding carboxylic acids is 3. The van der Waals surface area contributed by atoms with Crippen LogP contribution in [0.5, 0.6) is 11.5 Å². The molecule has 0 bridgehead atoms. The number of pyridine rings is 1. The number of aromatic nitrogens is 1. The first-order chi connectivity index (χ1) is 15.5. The maximum absolute atomic E-state index is 12.8. The highest BCUT2D eigenvalue weighted by molar-refractivity contribution is 6.22. The minimum Gasteiger partial charge on any atom is -0.497 e. The summed E-state index contributed by atoms with van der Waals surface area (Å²) in [5, 5.41) is 2.82. The molecule has 3 aromatic rings. The molecule has 1 N–H and O–H groups in total. The number of benzene rings is 2. The molecular formula is C24H21N3O5. The van der Waals surface area contributed by atoms with Gasteiger partial charge in [0.05, 0.1) is 31.9 Å². The SMILES string of the molecule is COc1ccc(OC)c(CNC(=O)c2ccc3c(c2)C(=O)N(Cc2ccncc2)C3=O)c1. The number of imide groups is 1. The van der Waals surface area contributed by atoms with E-state index in [1.54, 1.807) is 56.9 Å². The smallest absolute Gasteiger partial charge is 0.261 e. The summed E-state index contributed by atoms with van der Waals surface area (Å²) in [4.78, 5) is 43.4. The predicted octanol–water partition coefficient (Wildman–Crippen LogP) is 2.83. The zero-order valence-corrected chi connectivity index (χ0v) is 17.6. The normalized spacial score (nSPS) is 12.5. The van der Waals surface area contributed by atoms with Crippen LogP contribution in [0.1, 0.15) is 42.2 Å². The van der Waals surface area contributed by atoms with Crippen molar-refractivity contribution in [3.63, 3.8) is 0 Å². The minimum absolute atomic E-state index is 0.145. The summed E-state index contributed by atoms with van der Waals surface area (Å²) in [5.74, 6) is 0.0879. The second kappa shape index (κ2) is 8.89. The average Bonchev–Trinajstić information content (AvgIpc) is 3.07. The van der Waals surface area contributed by atoms with E-state index in [4.69, 9.17) is 9.47 Å². The quantitative estimate of drug-likeness (QED) is 0.578. The van der Waals surface area contributed by atoms with Gasteiger partial charge in [0.2, 0.25) is 0 Å². The van der Waals surface area contributed by atoms with E-state index in [1.807, 2.05) is 0 Å². The van der Waals surface area contributed by atoms with Crippen LogP contribution in [-0.2, 0) is 13.1 Å². The Morgan fingerprint density at radius 1 is 0.938 bits per heavy atom. The third-order valence-electron chi connectivity index (χ3n) is 5.25. The standard InChI is InChI=1S/C24H21N3O5/c1-31-18-4-6-21(32-2)17(11-18)13-26-22(28)16-3-5-19-20(12-16)24(30)27(23(19)29)14-15-7-9-25-10-8-15/h3-12H,13-14H2,1-2H3,(H,26,28). The van der Waals surface area contributed by atoms with Gasteiger partial charge in [-0.2, -0.15) is 0 Å². The van der Waals surface area contributed by atoms with Gasteiger partial charge >= 0.3 is 0 Å². The molecule has 32 heavy (non-hydrogen) atoms. The van der Waals surface area contributed by atoms with Gasteiger partial charge < -0.3 is 14.8 Å². The van der Waals surface area contributed by atoms with Gasteiger partial charge in [0, 0.05) is 30.1 Å². The number of fused-ring (bicyclic) bond motifs is 1. The van der Waals surface area contributed by atoms with E-state index >= 15 is 0 Å². The van der Waals surface area contributed by atoms with E-state index in [9.17, 15) is 14.4 Å². The van der Waals surface area contributed by atoms with Crippen molar-refractivity contribution < 1.29 is 23.9 Å². The van der Waals surface area contributed by atoms with E-state index in [0.717, 1.165) is 11.1 Å². The van der Waals surface area contributed by atoms with Crippen molar-refractivity contribution >= 4 is 17.7 Å². The molecule has 1 aromatic heterocycles.